The standard InChI is InChI=1S/C11H10N2O4/c12-9(15)8(14)5-13-10(16)6-3-1-2-4-7(6)11(13)17/h1-4,8,14H,5H2,(H2,12,15). The number of rotatable bonds is 3. The quantitative estimate of drug-likeness (QED) is 0.664. The Morgan fingerprint density at radius 1 is 1.24 bits per heavy atom. The van der Waals surface area contributed by atoms with Crippen LogP contribution in [-0.2, 0) is 4.79 Å². The topological polar surface area (TPSA) is 101 Å². The Morgan fingerprint density at radius 3 is 2.12 bits per heavy atom. The van der Waals surface area contributed by atoms with Gasteiger partial charge in [-0.2, -0.15) is 0 Å². The molecule has 0 bridgehead atoms. The lowest BCUT2D eigenvalue weighted by Crippen LogP contribution is -2.42. The fraction of sp³-hybridized carbons (Fsp3) is 0.182. The largest absolute Gasteiger partial charge is 0.381 e. The van der Waals surface area contributed by atoms with Gasteiger partial charge in [0.15, 0.2) is 6.10 Å². The maximum absolute atomic E-state index is 11.8. The minimum atomic E-state index is -1.54. The molecule has 0 radical (unpaired) electrons. The number of nitrogens with zero attached hydrogens (tertiary/aromatic N) is 1. The first-order valence-corrected chi connectivity index (χ1v) is 4.95. The Bertz CT molecular complexity index is 477. The van der Waals surface area contributed by atoms with E-state index in [4.69, 9.17) is 5.73 Å². The molecule has 3 amide bonds. The number of aliphatic hydroxyl groups excluding tert-OH is 1. The number of primary amides is 1. The SMILES string of the molecule is NC(=O)C(O)CN1C(=O)c2ccccc2C1=O. The molecule has 0 aliphatic carbocycles. The van der Waals surface area contributed by atoms with E-state index < -0.39 is 30.4 Å². The molecule has 1 aromatic rings. The molecule has 0 saturated heterocycles. The van der Waals surface area contributed by atoms with Crippen LogP contribution in [0.5, 0.6) is 0 Å². The summed E-state index contributed by atoms with van der Waals surface area (Å²) in [4.78, 5) is 35.1. The predicted molar refractivity (Wildman–Crippen MR) is 57.0 cm³/mol. The molecule has 6 heteroatoms. The molecule has 1 atom stereocenters. The van der Waals surface area contributed by atoms with Crippen LogP contribution in [0.2, 0.25) is 0 Å². The van der Waals surface area contributed by atoms with Gasteiger partial charge in [0, 0.05) is 0 Å². The fourth-order valence-corrected chi connectivity index (χ4v) is 1.67. The number of carbonyl (C=O) groups is 3. The number of carbonyl (C=O) groups excluding carboxylic acids is 3. The Morgan fingerprint density at radius 2 is 1.71 bits per heavy atom. The van der Waals surface area contributed by atoms with E-state index in [1.54, 1.807) is 12.1 Å². The van der Waals surface area contributed by atoms with Gasteiger partial charge in [-0.3, -0.25) is 19.3 Å². The summed E-state index contributed by atoms with van der Waals surface area (Å²) in [6.07, 6.45) is -1.54. The maximum Gasteiger partial charge on any atom is 0.261 e. The number of nitrogens with two attached hydrogens (primary N) is 1. The minimum Gasteiger partial charge on any atom is -0.381 e. The van der Waals surface area contributed by atoms with Crippen molar-refractivity contribution < 1.29 is 19.5 Å². The van der Waals surface area contributed by atoms with Crippen LogP contribution in [0.15, 0.2) is 24.3 Å². The van der Waals surface area contributed by atoms with Crippen LogP contribution in [0.4, 0.5) is 0 Å². The molecule has 1 aliphatic rings. The molecular weight excluding hydrogens is 224 g/mol. The van der Waals surface area contributed by atoms with Gasteiger partial charge in [0.1, 0.15) is 0 Å². The van der Waals surface area contributed by atoms with Crippen molar-refractivity contribution in [2.45, 2.75) is 6.10 Å². The van der Waals surface area contributed by atoms with Crippen LogP contribution < -0.4 is 5.73 Å². The first-order valence-electron chi connectivity index (χ1n) is 4.95. The van der Waals surface area contributed by atoms with E-state index in [1.807, 2.05) is 0 Å². The lowest BCUT2D eigenvalue weighted by atomic mass is 10.1. The van der Waals surface area contributed by atoms with Gasteiger partial charge < -0.3 is 10.8 Å². The van der Waals surface area contributed by atoms with Crippen LogP contribution >= 0.6 is 0 Å². The van der Waals surface area contributed by atoms with E-state index in [-0.39, 0.29) is 11.1 Å². The zero-order valence-electron chi connectivity index (χ0n) is 8.79. The molecule has 1 unspecified atom stereocenters. The zero-order valence-corrected chi connectivity index (χ0v) is 8.79. The highest BCUT2D eigenvalue weighted by atomic mass is 16.3. The second-order valence-corrected chi connectivity index (χ2v) is 3.68. The average molecular weight is 234 g/mol. The van der Waals surface area contributed by atoms with Crippen molar-refractivity contribution in [3.05, 3.63) is 35.4 Å². The van der Waals surface area contributed by atoms with Crippen molar-refractivity contribution >= 4 is 17.7 Å². The summed E-state index contributed by atoms with van der Waals surface area (Å²) in [5.41, 5.74) is 5.42. The molecular formula is C11H10N2O4. The number of amides is 3. The number of aliphatic hydroxyl groups is 1. The number of benzene rings is 1. The summed E-state index contributed by atoms with van der Waals surface area (Å²) in [7, 11) is 0. The van der Waals surface area contributed by atoms with Crippen molar-refractivity contribution in [2.75, 3.05) is 6.54 Å². The molecule has 1 heterocycles. The summed E-state index contributed by atoms with van der Waals surface area (Å²) in [6, 6.07) is 6.31. The summed E-state index contributed by atoms with van der Waals surface area (Å²) >= 11 is 0. The van der Waals surface area contributed by atoms with Crippen LogP contribution in [0.1, 0.15) is 20.7 Å². The van der Waals surface area contributed by atoms with Gasteiger partial charge in [0.05, 0.1) is 17.7 Å². The molecule has 2 rings (SSSR count). The molecule has 6 nitrogen and oxygen atoms in total. The van der Waals surface area contributed by atoms with E-state index >= 15 is 0 Å². The average Bonchev–Trinajstić information content (AvgIpc) is 2.55. The van der Waals surface area contributed by atoms with Crippen LogP contribution in [0.25, 0.3) is 0 Å². The third kappa shape index (κ3) is 1.78. The van der Waals surface area contributed by atoms with Gasteiger partial charge in [-0.25, -0.2) is 0 Å². The molecule has 88 valence electrons. The number of imide groups is 1. The van der Waals surface area contributed by atoms with E-state index in [0.29, 0.717) is 0 Å². The Balaban J connectivity index is 2.27. The van der Waals surface area contributed by atoms with Gasteiger partial charge >= 0.3 is 0 Å². The number of β-amino-alcohol motifs (C(OH)–C–C–N with tert-alkyl or cyclic N) is 1. The van der Waals surface area contributed by atoms with Crippen molar-refractivity contribution in [2.24, 2.45) is 5.73 Å². The number of hydrogen-bond acceptors (Lipinski definition) is 4. The monoisotopic (exact) mass is 234 g/mol. The summed E-state index contributed by atoms with van der Waals surface area (Å²) < 4.78 is 0. The molecule has 17 heavy (non-hydrogen) atoms. The normalized spacial score (nSPS) is 15.9. The third-order valence-corrected chi connectivity index (χ3v) is 2.56. The first-order chi connectivity index (χ1) is 8.02. The summed E-state index contributed by atoms with van der Waals surface area (Å²) in [6.45, 7) is -0.415. The zero-order chi connectivity index (χ0) is 12.6. The second kappa shape index (κ2) is 3.99. The highest BCUT2D eigenvalue weighted by molar-refractivity contribution is 6.21. The molecule has 1 aliphatic heterocycles. The molecule has 1 aromatic carbocycles. The number of fused-ring (bicyclic) bond motifs is 1. The Labute approximate surface area is 96.6 Å². The van der Waals surface area contributed by atoms with Crippen molar-refractivity contribution in [3.63, 3.8) is 0 Å². The highest BCUT2D eigenvalue weighted by Gasteiger charge is 2.36. The van der Waals surface area contributed by atoms with Crippen LogP contribution in [0, 0.1) is 0 Å². The van der Waals surface area contributed by atoms with E-state index in [1.165, 1.54) is 12.1 Å². The lowest BCUT2D eigenvalue weighted by Gasteiger charge is -2.15. The Hall–Kier alpha value is -2.21. The smallest absolute Gasteiger partial charge is 0.261 e. The van der Waals surface area contributed by atoms with E-state index in [0.717, 1.165) is 4.90 Å². The van der Waals surface area contributed by atoms with Crippen molar-refractivity contribution in [3.8, 4) is 0 Å². The fourth-order valence-electron chi connectivity index (χ4n) is 1.67. The number of hydrogen-bond donors (Lipinski definition) is 2. The lowest BCUT2D eigenvalue weighted by molar-refractivity contribution is -0.126. The highest BCUT2D eigenvalue weighted by Crippen LogP contribution is 2.22. The molecule has 0 saturated carbocycles. The maximum atomic E-state index is 11.8. The minimum absolute atomic E-state index is 0.272. The third-order valence-electron chi connectivity index (χ3n) is 2.56. The summed E-state index contributed by atoms with van der Waals surface area (Å²) in [5.74, 6) is -2.02. The van der Waals surface area contributed by atoms with Crippen molar-refractivity contribution in [1.29, 1.82) is 0 Å². The molecule has 0 aromatic heterocycles. The molecule has 0 spiro atoms. The van der Waals surface area contributed by atoms with Crippen LogP contribution in [0.3, 0.4) is 0 Å². The molecule has 0 fully saturated rings. The van der Waals surface area contributed by atoms with Crippen LogP contribution in [-0.4, -0.2) is 40.4 Å². The van der Waals surface area contributed by atoms with E-state index in [9.17, 15) is 19.5 Å². The van der Waals surface area contributed by atoms with Crippen molar-refractivity contribution in [1.82, 2.24) is 4.90 Å². The van der Waals surface area contributed by atoms with Gasteiger partial charge in [-0.1, -0.05) is 12.1 Å². The molecule has 3 N–H and O–H groups in total. The summed E-state index contributed by atoms with van der Waals surface area (Å²) in [5, 5.41) is 9.28. The Kier molecular flexibility index (Phi) is 2.64. The second-order valence-electron chi connectivity index (χ2n) is 3.68. The van der Waals surface area contributed by atoms with Gasteiger partial charge in [-0.15, -0.1) is 0 Å². The first kappa shape index (κ1) is 11.3. The van der Waals surface area contributed by atoms with Gasteiger partial charge in [-0.05, 0) is 12.1 Å². The van der Waals surface area contributed by atoms with Gasteiger partial charge in [0.2, 0.25) is 5.91 Å². The van der Waals surface area contributed by atoms with Gasteiger partial charge in [0.25, 0.3) is 11.8 Å². The predicted octanol–water partition coefficient (Wildman–Crippen LogP) is -0.871. The van der Waals surface area contributed by atoms with E-state index in [2.05, 4.69) is 0 Å².